The van der Waals surface area contributed by atoms with Crippen molar-refractivity contribution in [3.8, 4) is 0 Å². The summed E-state index contributed by atoms with van der Waals surface area (Å²) >= 11 is 11.1. The maximum absolute atomic E-state index is 5.97. The van der Waals surface area contributed by atoms with Crippen molar-refractivity contribution in [2.75, 3.05) is 25.6 Å². The van der Waals surface area contributed by atoms with E-state index < -0.39 is 0 Å². The molecule has 0 saturated heterocycles. The minimum absolute atomic E-state index is 0.528. The number of rotatable bonds is 6. The SMILES string of the molecule is COCCNC(=S)Nc1ccn(Cc2cccc(Cl)c2)n1. The molecule has 1 aromatic carbocycles. The largest absolute Gasteiger partial charge is 0.383 e. The van der Waals surface area contributed by atoms with Crippen molar-refractivity contribution in [3.63, 3.8) is 0 Å². The Hall–Kier alpha value is -1.63. The lowest BCUT2D eigenvalue weighted by atomic mass is 10.2. The lowest BCUT2D eigenvalue weighted by molar-refractivity contribution is 0.204. The second kappa shape index (κ2) is 7.97. The summed E-state index contributed by atoms with van der Waals surface area (Å²) in [5, 5.41) is 11.7. The molecule has 0 spiro atoms. The fourth-order valence-electron chi connectivity index (χ4n) is 1.77. The topological polar surface area (TPSA) is 51.1 Å². The molecule has 7 heteroatoms. The van der Waals surface area contributed by atoms with E-state index in [1.807, 2.05) is 41.2 Å². The number of ether oxygens (including phenoxy) is 1. The highest BCUT2D eigenvalue weighted by atomic mass is 35.5. The third-order valence-electron chi connectivity index (χ3n) is 2.71. The molecule has 0 aliphatic rings. The molecule has 1 aromatic heterocycles. The van der Waals surface area contributed by atoms with Crippen molar-refractivity contribution in [2.24, 2.45) is 0 Å². The first kappa shape index (κ1) is 15.8. The molecule has 0 aliphatic heterocycles. The van der Waals surface area contributed by atoms with Crippen LogP contribution in [-0.4, -0.2) is 35.2 Å². The Kier molecular flexibility index (Phi) is 5.98. The predicted octanol–water partition coefficient (Wildman–Crippen LogP) is 2.52. The van der Waals surface area contributed by atoms with E-state index in [0.717, 1.165) is 10.6 Å². The molecule has 0 radical (unpaired) electrons. The molecule has 2 N–H and O–H groups in total. The predicted molar refractivity (Wildman–Crippen MR) is 88.9 cm³/mol. The van der Waals surface area contributed by atoms with E-state index in [1.54, 1.807) is 7.11 Å². The first-order chi connectivity index (χ1) is 10.2. The van der Waals surface area contributed by atoms with Crippen LogP contribution >= 0.6 is 23.8 Å². The van der Waals surface area contributed by atoms with Crippen LogP contribution in [0.5, 0.6) is 0 Å². The molecule has 2 aromatic rings. The van der Waals surface area contributed by atoms with Gasteiger partial charge in [0.15, 0.2) is 10.9 Å². The first-order valence-corrected chi connectivity index (χ1v) is 7.27. The third kappa shape index (κ3) is 5.34. The van der Waals surface area contributed by atoms with Gasteiger partial charge in [0.2, 0.25) is 0 Å². The number of aromatic nitrogens is 2. The second-order valence-corrected chi connectivity index (χ2v) is 5.25. The lowest BCUT2D eigenvalue weighted by Gasteiger charge is -2.07. The number of halogens is 1. The third-order valence-corrected chi connectivity index (χ3v) is 3.19. The van der Waals surface area contributed by atoms with Gasteiger partial charge in [-0.25, -0.2) is 0 Å². The highest BCUT2D eigenvalue weighted by molar-refractivity contribution is 7.80. The molecule has 0 amide bonds. The van der Waals surface area contributed by atoms with Gasteiger partial charge in [0.05, 0.1) is 13.2 Å². The summed E-state index contributed by atoms with van der Waals surface area (Å²) in [6.07, 6.45) is 1.89. The highest BCUT2D eigenvalue weighted by Gasteiger charge is 2.02. The molecular weight excluding hydrogens is 308 g/mol. The fraction of sp³-hybridized carbons (Fsp3) is 0.286. The van der Waals surface area contributed by atoms with Gasteiger partial charge in [0.1, 0.15) is 0 Å². The minimum atomic E-state index is 0.528. The molecule has 0 bridgehead atoms. The average Bonchev–Trinajstić information content (AvgIpc) is 2.86. The molecule has 0 saturated carbocycles. The number of methoxy groups -OCH3 is 1. The number of hydrogen-bond acceptors (Lipinski definition) is 3. The van der Waals surface area contributed by atoms with Gasteiger partial charge in [-0.2, -0.15) is 5.10 Å². The maximum Gasteiger partial charge on any atom is 0.172 e. The molecule has 0 unspecified atom stereocenters. The van der Waals surface area contributed by atoms with Gasteiger partial charge in [0, 0.05) is 30.9 Å². The maximum atomic E-state index is 5.97. The summed E-state index contributed by atoms with van der Waals surface area (Å²) in [7, 11) is 1.65. The van der Waals surface area contributed by atoms with Crippen LogP contribution in [0.3, 0.4) is 0 Å². The van der Waals surface area contributed by atoms with Crippen LogP contribution in [0, 0.1) is 0 Å². The summed E-state index contributed by atoms with van der Waals surface area (Å²) in [5.74, 6) is 0.701. The quantitative estimate of drug-likeness (QED) is 0.631. The van der Waals surface area contributed by atoms with E-state index in [4.69, 9.17) is 28.6 Å². The number of benzene rings is 1. The number of nitrogens with zero attached hydrogens (tertiary/aromatic N) is 2. The van der Waals surface area contributed by atoms with E-state index in [1.165, 1.54) is 0 Å². The Morgan fingerprint density at radius 3 is 3.05 bits per heavy atom. The molecule has 0 aliphatic carbocycles. The average molecular weight is 325 g/mol. The summed E-state index contributed by atoms with van der Waals surface area (Å²) in [4.78, 5) is 0. The monoisotopic (exact) mass is 324 g/mol. The standard InChI is InChI=1S/C14H17ClN4OS/c1-20-8-6-16-14(21)17-13-5-7-19(18-13)10-11-3-2-4-12(15)9-11/h2-5,7,9H,6,8,10H2,1H3,(H2,16,17,18,21). The smallest absolute Gasteiger partial charge is 0.172 e. The van der Waals surface area contributed by atoms with E-state index in [0.29, 0.717) is 30.6 Å². The van der Waals surface area contributed by atoms with E-state index in [-0.39, 0.29) is 0 Å². The zero-order valence-electron chi connectivity index (χ0n) is 11.7. The van der Waals surface area contributed by atoms with Crippen molar-refractivity contribution < 1.29 is 4.74 Å². The van der Waals surface area contributed by atoms with Crippen LogP contribution < -0.4 is 10.6 Å². The van der Waals surface area contributed by atoms with Gasteiger partial charge in [-0.05, 0) is 29.9 Å². The van der Waals surface area contributed by atoms with E-state index >= 15 is 0 Å². The zero-order valence-corrected chi connectivity index (χ0v) is 13.2. The highest BCUT2D eigenvalue weighted by Crippen LogP contribution is 2.12. The van der Waals surface area contributed by atoms with Gasteiger partial charge in [-0.1, -0.05) is 23.7 Å². The molecule has 0 atom stereocenters. The van der Waals surface area contributed by atoms with Gasteiger partial charge < -0.3 is 15.4 Å². The van der Waals surface area contributed by atoms with Crippen LogP contribution in [0.15, 0.2) is 36.5 Å². The second-order valence-electron chi connectivity index (χ2n) is 4.40. The molecule has 21 heavy (non-hydrogen) atoms. The molecule has 5 nitrogen and oxygen atoms in total. The summed E-state index contributed by atoms with van der Waals surface area (Å²) in [5.41, 5.74) is 1.10. The van der Waals surface area contributed by atoms with Gasteiger partial charge in [-0.15, -0.1) is 0 Å². The molecule has 0 fully saturated rings. The van der Waals surface area contributed by atoms with Crippen molar-refractivity contribution >= 4 is 34.7 Å². The number of thiocarbonyl (C=S) groups is 1. The van der Waals surface area contributed by atoms with Crippen molar-refractivity contribution in [2.45, 2.75) is 6.54 Å². The number of anilines is 1. The lowest BCUT2D eigenvalue weighted by Crippen LogP contribution is -2.31. The Bertz CT molecular complexity index is 602. The number of nitrogens with one attached hydrogen (secondary N) is 2. The minimum Gasteiger partial charge on any atom is -0.383 e. The van der Waals surface area contributed by atoms with Crippen LogP contribution in [0.1, 0.15) is 5.56 Å². The van der Waals surface area contributed by atoms with E-state index in [9.17, 15) is 0 Å². The molecular formula is C14H17ClN4OS. The van der Waals surface area contributed by atoms with Crippen molar-refractivity contribution in [1.29, 1.82) is 0 Å². The fourth-order valence-corrected chi connectivity index (χ4v) is 2.19. The summed E-state index contributed by atoms with van der Waals surface area (Å²) in [6, 6.07) is 9.58. The van der Waals surface area contributed by atoms with Crippen LogP contribution in [-0.2, 0) is 11.3 Å². The van der Waals surface area contributed by atoms with Crippen molar-refractivity contribution in [3.05, 3.63) is 47.1 Å². The Labute approximate surface area is 134 Å². The first-order valence-electron chi connectivity index (χ1n) is 6.49. The van der Waals surface area contributed by atoms with Crippen LogP contribution in [0.4, 0.5) is 5.82 Å². The van der Waals surface area contributed by atoms with Crippen LogP contribution in [0.25, 0.3) is 0 Å². The van der Waals surface area contributed by atoms with Gasteiger partial charge in [0.25, 0.3) is 0 Å². The molecule has 1 heterocycles. The van der Waals surface area contributed by atoms with Gasteiger partial charge in [-0.3, -0.25) is 4.68 Å². The van der Waals surface area contributed by atoms with Crippen LogP contribution in [0.2, 0.25) is 5.02 Å². The van der Waals surface area contributed by atoms with E-state index in [2.05, 4.69) is 15.7 Å². The molecule has 2 rings (SSSR count). The normalized spacial score (nSPS) is 10.4. The van der Waals surface area contributed by atoms with Gasteiger partial charge >= 0.3 is 0 Å². The zero-order chi connectivity index (χ0) is 15.1. The Morgan fingerprint density at radius 1 is 1.43 bits per heavy atom. The Morgan fingerprint density at radius 2 is 2.29 bits per heavy atom. The Balaban J connectivity index is 1.88. The van der Waals surface area contributed by atoms with Crippen molar-refractivity contribution in [1.82, 2.24) is 15.1 Å². The summed E-state index contributed by atoms with van der Waals surface area (Å²) < 4.78 is 6.77. The summed E-state index contributed by atoms with van der Waals surface area (Å²) in [6.45, 7) is 1.92. The number of hydrogen-bond donors (Lipinski definition) is 2. The molecule has 112 valence electrons.